The molecule has 9 heteroatoms. The SMILES string of the molecule is CC1(c2cnn(C(C)(F)F)c2)CC(C#N)c2cnc3cc(F)nn3c21. The second-order valence-electron chi connectivity index (χ2n) is 6.53. The molecule has 3 aromatic rings. The quantitative estimate of drug-likeness (QED) is 0.715. The molecule has 128 valence electrons. The Balaban J connectivity index is 1.97. The molecule has 3 aromatic heterocycles. The summed E-state index contributed by atoms with van der Waals surface area (Å²) in [7, 11) is 0. The molecule has 0 amide bonds. The maximum Gasteiger partial charge on any atom is 0.340 e. The van der Waals surface area contributed by atoms with Crippen LogP contribution in [0, 0.1) is 17.3 Å². The standard InChI is InChI=1S/C16H13F3N6/c1-15(10-6-22-24(8-10)16(2,18)19)4-9(5-20)11-7-21-13-3-12(17)23-25(13)14(11)15/h3,6-9H,4H2,1-2H3. The van der Waals surface area contributed by atoms with E-state index in [0.29, 0.717) is 33.6 Å². The van der Waals surface area contributed by atoms with Crippen LogP contribution in [0.15, 0.2) is 24.7 Å². The molecule has 2 unspecified atom stereocenters. The van der Waals surface area contributed by atoms with Gasteiger partial charge in [0.1, 0.15) is 0 Å². The molecule has 0 bridgehead atoms. The monoisotopic (exact) mass is 346 g/mol. The Kier molecular flexibility index (Phi) is 3.01. The van der Waals surface area contributed by atoms with Crippen LogP contribution in [0.25, 0.3) is 5.65 Å². The third-order valence-corrected chi connectivity index (χ3v) is 4.77. The van der Waals surface area contributed by atoms with E-state index >= 15 is 0 Å². The molecule has 4 rings (SSSR count). The van der Waals surface area contributed by atoms with Gasteiger partial charge in [-0.1, -0.05) is 0 Å². The van der Waals surface area contributed by atoms with Crippen molar-refractivity contribution in [2.45, 2.75) is 37.6 Å². The summed E-state index contributed by atoms with van der Waals surface area (Å²) in [4.78, 5) is 4.14. The van der Waals surface area contributed by atoms with Crippen LogP contribution in [0.1, 0.15) is 43.0 Å². The first-order valence-corrected chi connectivity index (χ1v) is 7.62. The number of halogens is 3. The number of aromatic nitrogens is 5. The number of rotatable bonds is 2. The molecular formula is C16H13F3N6. The van der Waals surface area contributed by atoms with E-state index in [-0.39, 0.29) is 0 Å². The molecule has 6 nitrogen and oxygen atoms in total. The highest BCUT2D eigenvalue weighted by Gasteiger charge is 2.46. The van der Waals surface area contributed by atoms with E-state index in [0.717, 1.165) is 6.92 Å². The average Bonchev–Trinajstić information content (AvgIpc) is 3.21. The lowest BCUT2D eigenvalue weighted by atomic mass is 9.81. The van der Waals surface area contributed by atoms with E-state index < -0.39 is 23.3 Å². The lowest BCUT2D eigenvalue weighted by molar-refractivity contribution is -0.0724. The summed E-state index contributed by atoms with van der Waals surface area (Å²) in [5.74, 6) is -1.19. The van der Waals surface area contributed by atoms with Gasteiger partial charge in [-0.15, -0.1) is 5.10 Å². The van der Waals surface area contributed by atoms with E-state index in [4.69, 9.17) is 0 Å². The van der Waals surface area contributed by atoms with Crippen molar-refractivity contribution in [3.63, 3.8) is 0 Å². The molecule has 1 aliphatic rings. The minimum atomic E-state index is -3.14. The zero-order valence-corrected chi connectivity index (χ0v) is 13.4. The van der Waals surface area contributed by atoms with Crippen molar-refractivity contribution in [2.24, 2.45) is 0 Å². The number of hydrogen-bond donors (Lipinski definition) is 0. The molecule has 0 N–H and O–H groups in total. The minimum Gasteiger partial charge on any atom is -0.237 e. The summed E-state index contributed by atoms with van der Waals surface area (Å²) >= 11 is 0. The van der Waals surface area contributed by atoms with E-state index in [1.807, 2.05) is 6.92 Å². The molecule has 0 aromatic carbocycles. The number of hydrogen-bond acceptors (Lipinski definition) is 4. The predicted molar refractivity (Wildman–Crippen MR) is 80.5 cm³/mol. The van der Waals surface area contributed by atoms with Crippen molar-refractivity contribution in [3.8, 4) is 6.07 Å². The Labute approximate surface area is 140 Å². The van der Waals surface area contributed by atoms with Gasteiger partial charge in [0.2, 0.25) is 5.95 Å². The van der Waals surface area contributed by atoms with Crippen LogP contribution in [0.3, 0.4) is 0 Å². The molecule has 0 radical (unpaired) electrons. The fraction of sp³-hybridized carbons (Fsp3) is 0.375. The molecule has 1 aliphatic carbocycles. The Morgan fingerprint density at radius 2 is 2.16 bits per heavy atom. The number of fused-ring (bicyclic) bond motifs is 3. The molecule has 0 saturated heterocycles. The summed E-state index contributed by atoms with van der Waals surface area (Å²) < 4.78 is 42.7. The maximum absolute atomic E-state index is 13.6. The third kappa shape index (κ3) is 2.13. The summed E-state index contributed by atoms with van der Waals surface area (Å²) in [5.41, 5.74) is 1.19. The molecule has 0 fully saturated rings. The topological polar surface area (TPSA) is 71.8 Å². The molecule has 0 aliphatic heterocycles. The van der Waals surface area contributed by atoms with Gasteiger partial charge in [0, 0.05) is 41.9 Å². The predicted octanol–water partition coefficient (Wildman–Crippen LogP) is 2.95. The van der Waals surface area contributed by atoms with Crippen molar-refractivity contribution in [1.29, 1.82) is 5.26 Å². The maximum atomic E-state index is 13.6. The van der Waals surface area contributed by atoms with Gasteiger partial charge in [-0.05, 0) is 13.3 Å². The van der Waals surface area contributed by atoms with Gasteiger partial charge in [-0.3, -0.25) is 0 Å². The Morgan fingerprint density at radius 1 is 1.40 bits per heavy atom. The first-order chi connectivity index (χ1) is 11.7. The van der Waals surface area contributed by atoms with Gasteiger partial charge in [0.25, 0.3) is 0 Å². The highest BCUT2D eigenvalue weighted by molar-refractivity contribution is 5.52. The first kappa shape index (κ1) is 15.6. The Bertz CT molecular complexity index is 1020. The zero-order chi connectivity index (χ0) is 18.0. The third-order valence-electron chi connectivity index (χ3n) is 4.77. The van der Waals surface area contributed by atoms with Gasteiger partial charge in [-0.2, -0.15) is 23.5 Å². The summed E-state index contributed by atoms with van der Waals surface area (Å²) in [6, 6.07) is 0.245. The van der Waals surface area contributed by atoms with Crippen LogP contribution < -0.4 is 0 Å². The summed E-state index contributed by atoms with van der Waals surface area (Å²) in [6.45, 7) is 2.56. The van der Waals surface area contributed by atoms with Crippen LogP contribution in [0.2, 0.25) is 0 Å². The van der Waals surface area contributed by atoms with Gasteiger partial charge in [-0.25, -0.2) is 14.2 Å². The van der Waals surface area contributed by atoms with Crippen LogP contribution in [0.5, 0.6) is 0 Å². The molecule has 0 saturated carbocycles. The summed E-state index contributed by atoms with van der Waals surface area (Å²) in [5, 5.41) is 17.1. The van der Waals surface area contributed by atoms with Crippen LogP contribution in [-0.4, -0.2) is 24.4 Å². The largest absolute Gasteiger partial charge is 0.340 e. The number of nitriles is 1. The lowest BCUT2D eigenvalue weighted by Crippen LogP contribution is -2.24. The van der Waals surface area contributed by atoms with Crippen molar-refractivity contribution in [2.75, 3.05) is 0 Å². The van der Waals surface area contributed by atoms with E-state index in [1.54, 1.807) is 0 Å². The van der Waals surface area contributed by atoms with E-state index in [9.17, 15) is 18.4 Å². The molecular weight excluding hydrogens is 333 g/mol. The Morgan fingerprint density at radius 3 is 2.80 bits per heavy atom. The van der Waals surface area contributed by atoms with Gasteiger partial charge >= 0.3 is 6.05 Å². The number of nitrogens with zero attached hydrogens (tertiary/aromatic N) is 6. The van der Waals surface area contributed by atoms with Crippen LogP contribution >= 0.6 is 0 Å². The van der Waals surface area contributed by atoms with Gasteiger partial charge in [0.15, 0.2) is 5.65 Å². The molecule has 25 heavy (non-hydrogen) atoms. The highest BCUT2D eigenvalue weighted by Crippen LogP contribution is 2.49. The highest BCUT2D eigenvalue weighted by atomic mass is 19.3. The van der Waals surface area contributed by atoms with Gasteiger partial charge in [0.05, 0.1) is 23.9 Å². The van der Waals surface area contributed by atoms with Crippen molar-refractivity contribution in [3.05, 3.63) is 47.4 Å². The van der Waals surface area contributed by atoms with Crippen molar-refractivity contribution in [1.82, 2.24) is 24.4 Å². The summed E-state index contributed by atoms with van der Waals surface area (Å²) in [6.07, 6.45) is 4.49. The lowest BCUT2D eigenvalue weighted by Gasteiger charge is -2.24. The normalized spacial score (nSPS) is 23.0. The second kappa shape index (κ2) is 4.81. The fourth-order valence-electron chi connectivity index (χ4n) is 3.53. The van der Waals surface area contributed by atoms with E-state index in [2.05, 4.69) is 21.3 Å². The average molecular weight is 346 g/mol. The molecule has 0 spiro atoms. The fourth-order valence-corrected chi connectivity index (χ4v) is 3.53. The van der Waals surface area contributed by atoms with Crippen molar-refractivity contribution >= 4 is 5.65 Å². The van der Waals surface area contributed by atoms with Crippen molar-refractivity contribution < 1.29 is 13.2 Å². The van der Waals surface area contributed by atoms with E-state index in [1.165, 1.54) is 29.2 Å². The minimum absolute atomic E-state index is 0.300. The van der Waals surface area contributed by atoms with Crippen LogP contribution in [-0.2, 0) is 11.5 Å². The smallest absolute Gasteiger partial charge is 0.237 e. The first-order valence-electron chi connectivity index (χ1n) is 7.62. The molecule has 3 heterocycles. The molecule has 2 atom stereocenters. The zero-order valence-electron chi connectivity index (χ0n) is 13.4. The van der Waals surface area contributed by atoms with Gasteiger partial charge < -0.3 is 0 Å². The van der Waals surface area contributed by atoms with Crippen LogP contribution in [0.4, 0.5) is 13.2 Å². The number of alkyl halides is 2. The second-order valence-corrected chi connectivity index (χ2v) is 6.53. The Hall–Kier alpha value is -2.89.